The van der Waals surface area contributed by atoms with Gasteiger partial charge in [-0.15, -0.1) is 0 Å². The minimum Gasteiger partial charge on any atom is -0.388 e. The topological polar surface area (TPSA) is 83.1 Å². The van der Waals surface area contributed by atoms with Crippen LogP contribution in [0.2, 0.25) is 0 Å². The summed E-state index contributed by atoms with van der Waals surface area (Å²) < 4.78 is 0. The first-order valence-corrected chi connectivity index (χ1v) is 8.91. The van der Waals surface area contributed by atoms with Crippen molar-refractivity contribution in [2.75, 3.05) is 17.7 Å². The number of aromatic nitrogens is 1. The molecule has 1 unspecified atom stereocenters. The normalized spacial score (nSPS) is 20.0. The summed E-state index contributed by atoms with van der Waals surface area (Å²) in [5, 5.41) is 9.04. The predicted octanol–water partition coefficient (Wildman–Crippen LogP) is 3.34. The zero-order chi connectivity index (χ0) is 18.5. The van der Waals surface area contributed by atoms with E-state index in [0.717, 1.165) is 47.5 Å². The van der Waals surface area contributed by atoms with Crippen LogP contribution >= 0.6 is 0 Å². The molecule has 0 radical (unpaired) electrons. The van der Waals surface area contributed by atoms with Crippen LogP contribution in [-0.4, -0.2) is 24.3 Å². The zero-order valence-electron chi connectivity index (χ0n) is 15.1. The molecule has 6 heteroatoms. The maximum atomic E-state index is 12.6. The van der Waals surface area contributed by atoms with E-state index in [-0.39, 0.29) is 17.9 Å². The summed E-state index contributed by atoms with van der Waals surface area (Å²) >= 11 is 0. The van der Waals surface area contributed by atoms with E-state index in [1.807, 2.05) is 44.3 Å². The third kappa shape index (κ3) is 3.85. The number of nitrogens with zero attached hydrogens (tertiary/aromatic N) is 1. The van der Waals surface area contributed by atoms with Crippen molar-refractivity contribution in [2.45, 2.75) is 32.2 Å². The fourth-order valence-corrected chi connectivity index (χ4v) is 3.28. The maximum Gasteiger partial charge on any atom is 0.227 e. The van der Waals surface area contributed by atoms with E-state index in [4.69, 9.17) is 0 Å². The van der Waals surface area contributed by atoms with Crippen LogP contribution in [0.5, 0.6) is 0 Å². The Balaban J connectivity index is 2.11. The van der Waals surface area contributed by atoms with E-state index in [0.29, 0.717) is 6.41 Å². The van der Waals surface area contributed by atoms with Gasteiger partial charge in [0, 0.05) is 30.4 Å². The van der Waals surface area contributed by atoms with E-state index >= 15 is 0 Å². The minimum absolute atomic E-state index is 0.00857. The van der Waals surface area contributed by atoms with Crippen molar-refractivity contribution >= 4 is 23.7 Å². The maximum absolute atomic E-state index is 12.6. The first-order chi connectivity index (χ1) is 12.6. The molecular weight excluding hydrogens is 328 g/mol. The second kappa shape index (κ2) is 7.99. The molecule has 136 valence electrons. The van der Waals surface area contributed by atoms with E-state index in [2.05, 4.69) is 20.9 Å². The van der Waals surface area contributed by atoms with Crippen LogP contribution in [0.4, 0.5) is 11.4 Å². The second-order valence-electron chi connectivity index (χ2n) is 6.64. The molecule has 2 heterocycles. The smallest absolute Gasteiger partial charge is 0.227 e. The Hall–Kier alpha value is -2.89. The average Bonchev–Trinajstić information content (AvgIpc) is 2.66. The predicted molar refractivity (Wildman–Crippen MR) is 103 cm³/mol. The van der Waals surface area contributed by atoms with Crippen molar-refractivity contribution in [3.05, 3.63) is 42.2 Å². The lowest BCUT2D eigenvalue weighted by atomic mass is 9.95. The molecule has 0 spiro atoms. The number of hydrogen-bond acceptors (Lipinski definition) is 4. The molecule has 0 saturated carbocycles. The molecule has 0 saturated heterocycles. The number of amides is 2. The quantitative estimate of drug-likeness (QED) is 0.740. The van der Waals surface area contributed by atoms with Gasteiger partial charge in [-0.25, -0.2) is 0 Å². The number of benzene rings is 1. The Kier molecular flexibility index (Phi) is 5.51. The number of fused-ring (bicyclic) bond motifs is 4. The summed E-state index contributed by atoms with van der Waals surface area (Å²) in [6.07, 6.45) is 4.79. The molecule has 2 atom stereocenters. The van der Waals surface area contributed by atoms with Crippen molar-refractivity contribution < 1.29 is 9.59 Å². The van der Waals surface area contributed by atoms with E-state index < -0.39 is 0 Å². The highest BCUT2D eigenvalue weighted by Crippen LogP contribution is 2.33. The standard InChI is InChI=1S/C20H24N4O2/c1-13-4-3-5-17(23-12-25)19-10-14(8-9-22-19)16-7-6-15(21-2)11-18(16)24-20(13)26/h6-13,17,21H,3-5H2,1-2H3,(H,23,25)(H,24,26)/t13-,17?/m0/s1. The average molecular weight is 352 g/mol. The fraction of sp³-hybridized carbons (Fsp3) is 0.350. The first kappa shape index (κ1) is 17.9. The highest BCUT2D eigenvalue weighted by molar-refractivity contribution is 5.97. The molecule has 0 fully saturated rings. The van der Waals surface area contributed by atoms with Crippen molar-refractivity contribution in [1.82, 2.24) is 10.3 Å². The van der Waals surface area contributed by atoms with Gasteiger partial charge < -0.3 is 16.0 Å². The molecule has 1 aromatic carbocycles. The number of hydrogen-bond donors (Lipinski definition) is 3. The van der Waals surface area contributed by atoms with Gasteiger partial charge in [-0.2, -0.15) is 0 Å². The number of carbonyl (C=O) groups excluding carboxylic acids is 2. The van der Waals surface area contributed by atoms with E-state index in [1.54, 1.807) is 6.20 Å². The van der Waals surface area contributed by atoms with Gasteiger partial charge in [0.1, 0.15) is 0 Å². The lowest BCUT2D eigenvalue weighted by molar-refractivity contribution is -0.119. The Morgan fingerprint density at radius 1 is 1.23 bits per heavy atom. The van der Waals surface area contributed by atoms with Gasteiger partial charge >= 0.3 is 0 Å². The van der Waals surface area contributed by atoms with Gasteiger partial charge in [0.2, 0.25) is 12.3 Å². The van der Waals surface area contributed by atoms with Crippen LogP contribution in [0.25, 0.3) is 11.1 Å². The number of anilines is 2. The van der Waals surface area contributed by atoms with E-state index in [1.165, 1.54) is 0 Å². The van der Waals surface area contributed by atoms with Crippen LogP contribution in [0.15, 0.2) is 36.5 Å². The van der Waals surface area contributed by atoms with Gasteiger partial charge in [0.05, 0.1) is 17.4 Å². The first-order valence-electron chi connectivity index (χ1n) is 8.91. The molecular formula is C20H24N4O2. The monoisotopic (exact) mass is 352 g/mol. The molecule has 2 amide bonds. The molecule has 6 nitrogen and oxygen atoms in total. The lowest BCUT2D eigenvalue weighted by Crippen LogP contribution is -2.23. The summed E-state index contributed by atoms with van der Waals surface area (Å²) in [6.45, 7) is 1.93. The number of rotatable bonds is 3. The van der Waals surface area contributed by atoms with Gasteiger partial charge in [0.15, 0.2) is 0 Å². The Bertz CT molecular complexity index is 806. The van der Waals surface area contributed by atoms with Crippen LogP contribution in [0, 0.1) is 5.92 Å². The fourth-order valence-electron chi connectivity index (χ4n) is 3.28. The van der Waals surface area contributed by atoms with E-state index in [9.17, 15) is 9.59 Å². The SMILES string of the molecule is CNc1ccc2c(c1)NC(=O)[C@@H](C)CCCC(NC=O)c1cc-2ccn1. The largest absolute Gasteiger partial charge is 0.388 e. The van der Waals surface area contributed by atoms with Crippen molar-refractivity contribution in [3.63, 3.8) is 0 Å². The molecule has 1 aliphatic heterocycles. The Morgan fingerprint density at radius 3 is 2.85 bits per heavy atom. The molecule has 26 heavy (non-hydrogen) atoms. The summed E-state index contributed by atoms with van der Waals surface area (Å²) in [6, 6.07) is 9.65. The summed E-state index contributed by atoms with van der Waals surface area (Å²) in [5.74, 6) is -0.0991. The number of pyridine rings is 1. The number of nitrogens with one attached hydrogen (secondary N) is 3. The van der Waals surface area contributed by atoms with Crippen molar-refractivity contribution in [2.24, 2.45) is 5.92 Å². The summed E-state index contributed by atoms with van der Waals surface area (Å²) in [7, 11) is 1.85. The Labute approximate surface area is 153 Å². The van der Waals surface area contributed by atoms with Gasteiger partial charge in [-0.05, 0) is 42.7 Å². The highest BCUT2D eigenvalue weighted by atomic mass is 16.2. The van der Waals surface area contributed by atoms with Gasteiger partial charge in [0.25, 0.3) is 0 Å². The minimum atomic E-state index is -0.151. The lowest BCUT2D eigenvalue weighted by Gasteiger charge is -2.21. The molecule has 1 aliphatic rings. The number of carbonyl (C=O) groups is 2. The molecule has 3 rings (SSSR count). The van der Waals surface area contributed by atoms with Crippen LogP contribution < -0.4 is 16.0 Å². The molecule has 3 N–H and O–H groups in total. The third-order valence-corrected chi connectivity index (χ3v) is 4.86. The van der Waals surface area contributed by atoms with Crippen LogP contribution in [0.3, 0.4) is 0 Å². The van der Waals surface area contributed by atoms with Crippen molar-refractivity contribution in [1.29, 1.82) is 0 Å². The highest BCUT2D eigenvalue weighted by Gasteiger charge is 2.20. The van der Waals surface area contributed by atoms with Gasteiger partial charge in [-0.1, -0.05) is 19.4 Å². The second-order valence-corrected chi connectivity index (χ2v) is 6.64. The molecule has 1 aromatic heterocycles. The molecule has 2 aromatic rings. The third-order valence-electron chi connectivity index (χ3n) is 4.86. The molecule has 2 bridgehead atoms. The zero-order valence-corrected chi connectivity index (χ0v) is 15.1. The van der Waals surface area contributed by atoms with Crippen LogP contribution in [-0.2, 0) is 9.59 Å². The van der Waals surface area contributed by atoms with Gasteiger partial charge in [-0.3, -0.25) is 14.6 Å². The molecule has 0 aliphatic carbocycles. The van der Waals surface area contributed by atoms with Crippen molar-refractivity contribution in [3.8, 4) is 11.1 Å². The Morgan fingerprint density at radius 2 is 2.08 bits per heavy atom. The summed E-state index contributed by atoms with van der Waals surface area (Å²) in [5.41, 5.74) is 4.42. The van der Waals surface area contributed by atoms with Crippen LogP contribution in [0.1, 0.15) is 37.9 Å². The summed E-state index contributed by atoms with van der Waals surface area (Å²) in [4.78, 5) is 28.1.